The van der Waals surface area contributed by atoms with E-state index in [4.69, 9.17) is 33.7 Å². The highest BCUT2D eigenvalue weighted by atomic mass is 35.5. The summed E-state index contributed by atoms with van der Waals surface area (Å²) in [6.45, 7) is 0.528. The van der Waals surface area contributed by atoms with Gasteiger partial charge in [-0.15, -0.1) is 11.3 Å². The SMILES string of the molecule is CN(C)C(=O)c1cc2c(-c3c(Cl)cc(Cl)c4c3CCO4)nc(N)nc2s1. The van der Waals surface area contributed by atoms with Crippen LogP contribution in [0.4, 0.5) is 5.95 Å². The summed E-state index contributed by atoms with van der Waals surface area (Å²) in [4.78, 5) is 23.8. The molecule has 2 N–H and O–H groups in total. The summed E-state index contributed by atoms with van der Waals surface area (Å²) in [5.74, 6) is 0.640. The number of carbonyl (C=O) groups is 1. The van der Waals surface area contributed by atoms with Crippen LogP contribution in [0.2, 0.25) is 10.0 Å². The fourth-order valence-corrected chi connectivity index (χ4v) is 4.72. The van der Waals surface area contributed by atoms with Crippen LogP contribution in [0.25, 0.3) is 21.5 Å². The average molecular weight is 409 g/mol. The van der Waals surface area contributed by atoms with Crippen molar-refractivity contribution in [2.24, 2.45) is 0 Å². The fraction of sp³-hybridized carbons (Fsp3) is 0.235. The molecule has 0 bridgehead atoms. The van der Waals surface area contributed by atoms with Gasteiger partial charge in [-0.25, -0.2) is 9.97 Å². The molecule has 0 unspecified atom stereocenters. The Morgan fingerprint density at radius 1 is 1.27 bits per heavy atom. The van der Waals surface area contributed by atoms with Crippen molar-refractivity contribution in [1.29, 1.82) is 0 Å². The number of anilines is 1. The summed E-state index contributed by atoms with van der Waals surface area (Å²) in [5, 5.41) is 1.66. The van der Waals surface area contributed by atoms with Crippen molar-refractivity contribution in [3.05, 3.63) is 32.6 Å². The summed E-state index contributed by atoms with van der Waals surface area (Å²) in [5.41, 5.74) is 8.13. The van der Waals surface area contributed by atoms with Gasteiger partial charge in [-0.1, -0.05) is 23.2 Å². The Morgan fingerprint density at radius 2 is 2.04 bits per heavy atom. The minimum Gasteiger partial charge on any atom is -0.491 e. The van der Waals surface area contributed by atoms with Gasteiger partial charge in [0.15, 0.2) is 0 Å². The van der Waals surface area contributed by atoms with Gasteiger partial charge >= 0.3 is 0 Å². The number of rotatable bonds is 2. The van der Waals surface area contributed by atoms with E-state index in [0.29, 0.717) is 44.2 Å². The highest BCUT2D eigenvalue weighted by Gasteiger charge is 2.26. The summed E-state index contributed by atoms with van der Waals surface area (Å²) in [7, 11) is 3.40. The molecule has 134 valence electrons. The van der Waals surface area contributed by atoms with Crippen LogP contribution >= 0.6 is 34.5 Å². The molecular formula is C17H14Cl2N4O2S. The van der Waals surface area contributed by atoms with Crippen molar-refractivity contribution in [3.8, 4) is 17.0 Å². The summed E-state index contributed by atoms with van der Waals surface area (Å²) >= 11 is 14.0. The van der Waals surface area contributed by atoms with E-state index in [0.717, 1.165) is 16.5 Å². The van der Waals surface area contributed by atoms with Crippen molar-refractivity contribution in [3.63, 3.8) is 0 Å². The van der Waals surface area contributed by atoms with Crippen LogP contribution in [0, 0.1) is 0 Å². The van der Waals surface area contributed by atoms with Crippen molar-refractivity contribution >= 4 is 56.6 Å². The molecule has 2 aromatic heterocycles. The second kappa shape index (κ2) is 6.26. The minimum absolute atomic E-state index is 0.103. The lowest BCUT2D eigenvalue weighted by Crippen LogP contribution is -2.20. The quantitative estimate of drug-likeness (QED) is 0.695. The standard InChI is InChI=1S/C17H14Cl2N4O2S/c1-23(2)16(24)11-5-8-13(21-17(20)22-15(8)26-11)12-7-3-4-25-14(7)10(19)6-9(12)18/h5-6H,3-4H2,1-2H3,(H2,20,21,22). The van der Waals surface area contributed by atoms with Crippen LogP contribution in [0.15, 0.2) is 12.1 Å². The Morgan fingerprint density at radius 3 is 2.77 bits per heavy atom. The molecule has 1 aliphatic heterocycles. The number of halogens is 2. The maximum absolute atomic E-state index is 12.3. The predicted octanol–water partition coefficient (Wildman–Crippen LogP) is 3.88. The number of nitrogen functional groups attached to an aromatic ring is 1. The Kier molecular flexibility index (Phi) is 4.17. The fourth-order valence-electron chi connectivity index (χ4n) is 3.01. The average Bonchev–Trinajstić information content (AvgIpc) is 3.20. The van der Waals surface area contributed by atoms with Gasteiger partial charge in [0.1, 0.15) is 10.6 Å². The third-order valence-electron chi connectivity index (χ3n) is 4.15. The number of nitrogens with two attached hydrogens (primary N) is 1. The molecule has 3 aromatic rings. The molecule has 0 saturated carbocycles. The summed E-state index contributed by atoms with van der Waals surface area (Å²) in [6, 6.07) is 3.43. The highest BCUT2D eigenvalue weighted by molar-refractivity contribution is 7.20. The largest absolute Gasteiger partial charge is 0.491 e. The number of fused-ring (bicyclic) bond motifs is 2. The molecule has 0 saturated heterocycles. The first-order valence-electron chi connectivity index (χ1n) is 7.79. The topological polar surface area (TPSA) is 81.3 Å². The van der Waals surface area contributed by atoms with Crippen molar-refractivity contribution in [2.45, 2.75) is 6.42 Å². The van der Waals surface area contributed by atoms with E-state index >= 15 is 0 Å². The normalized spacial score (nSPS) is 12.9. The number of thiophene rings is 1. The number of nitrogens with zero attached hydrogens (tertiary/aromatic N) is 3. The Balaban J connectivity index is 2.01. The molecule has 3 heterocycles. The predicted molar refractivity (Wildman–Crippen MR) is 104 cm³/mol. The lowest BCUT2D eigenvalue weighted by atomic mass is 10.00. The maximum Gasteiger partial charge on any atom is 0.263 e. The number of amides is 1. The molecule has 1 aliphatic rings. The number of hydrogen-bond acceptors (Lipinski definition) is 6. The zero-order chi connectivity index (χ0) is 18.6. The Bertz CT molecular complexity index is 1060. The molecule has 9 heteroatoms. The minimum atomic E-state index is -0.103. The third kappa shape index (κ3) is 2.67. The van der Waals surface area contributed by atoms with E-state index in [-0.39, 0.29) is 11.9 Å². The van der Waals surface area contributed by atoms with Crippen LogP contribution in [0.5, 0.6) is 5.75 Å². The molecule has 0 radical (unpaired) electrons. The van der Waals surface area contributed by atoms with Gasteiger partial charge < -0.3 is 15.4 Å². The lowest BCUT2D eigenvalue weighted by Gasteiger charge is -2.12. The zero-order valence-corrected chi connectivity index (χ0v) is 16.3. The molecule has 0 aliphatic carbocycles. The van der Waals surface area contributed by atoms with Gasteiger partial charge in [0.05, 0.1) is 27.2 Å². The number of benzene rings is 1. The molecular weight excluding hydrogens is 395 g/mol. The van der Waals surface area contributed by atoms with E-state index < -0.39 is 0 Å². The van der Waals surface area contributed by atoms with E-state index in [1.165, 1.54) is 16.2 Å². The van der Waals surface area contributed by atoms with Gasteiger partial charge in [0.2, 0.25) is 5.95 Å². The van der Waals surface area contributed by atoms with Gasteiger partial charge in [-0.3, -0.25) is 4.79 Å². The van der Waals surface area contributed by atoms with E-state index in [1.807, 2.05) is 0 Å². The van der Waals surface area contributed by atoms with Crippen LogP contribution in [-0.2, 0) is 6.42 Å². The zero-order valence-electron chi connectivity index (χ0n) is 14.0. The maximum atomic E-state index is 12.3. The van der Waals surface area contributed by atoms with Gasteiger partial charge in [0, 0.05) is 37.0 Å². The number of carbonyl (C=O) groups excluding carboxylic acids is 1. The first-order chi connectivity index (χ1) is 12.4. The van der Waals surface area contributed by atoms with Crippen LogP contribution < -0.4 is 10.5 Å². The Hall–Kier alpha value is -2.09. The smallest absolute Gasteiger partial charge is 0.263 e. The van der Waals surface area contributed by atoms with Gasteiger partial charge in [0.25, 0.3) is 5.91 Å². The molecule has 6 nitrogen and oxygen atoms in total. The van der Waals surface area contributed by atoms with E-state index in [1.54, 1.807) is 26.2 Å². The highest BCUT2D eigenvalue weighted by Crippen LogP contribution is 2.46. The monoisotopic (exact) mass is 408 g/mol. The van der Waals surface area contributed by atoms with Crippen LogP contribution in [0.1, 0.15) is 15.2 Å². The van der Waals surface area contributed by atoms with Gasteiger partial charge in [-0.2, -0.15) is 0 Å². The summed E-state index contributed by atoms with van der Waals surface area (Å²) < 4.78 is 5.64. The van der Waals surface area contributed by atoms with Crippen LogP contribution in [0.3, 0.4) is 0 Å². The van der Waals surface area contributed by atoms with Crippen molar-refractivity contribution in [2.75, 3.05) is 26.4 Å². The van der Waals surface area contributed by atoms with Crippen molar-refractivity contribution < 1.29 is 9.53 Å². The number of ether oxygens (including phenoxy) is 1. The first-order valence-corrected chi connectivity index (χ1v) is 9.36. The number of hydrogen-bond donors (Lipinski definition) is 1. The molecule has 0 fully saturated rings. The number of aromatic nitrogens is 2. The molecule has 0 spiro atoms. The van der Waals surface area contributed by atoms with Gasteiger partial charge in [-0.05, 0) is 12.1 Å². The molecule has 4 rings (SSSR count). The third-order valence-corrected chi connectivity index (χ3v) is 5.74. The first kappa shape index (κ1) is 17.3. The van der Waals surface area contributed by atoms with Crippen LogP contribution in [-0.4, -0.2) is 41.5 Å². The van der Waals surface area contributed by atoms with E-state index in [9.17, 15) is 4.79 Å². The Labute approximate surface area is 163 Å². The lowest BCUT2D eigenvalue weighted by molar-refractivity contribution is 0.0832. The second-order valence-corrected chi connectivity index (χ2v) is 7.93. The summed E-state index contributed by atoms with van der Waals surface area (Å²) in [6.07, 6.45) is 0.671. The molecule has 1 aromatic carbocycles. The van der Waals surface area contributed by atoms with Crippen molar-refractivity contribution in [1.82, 2.24) is 14.9 Å². The molecule has 0 atom stereocenters. The second-order valence-electron chi connectivity index (χ2n) is 6.08. The molecule has 26 heavy (non-hydrogen) atoms. The molecule has 1 amide bonds. The van der Waals surface area contributed by atoms with E-state index in [2.05, 4.69) is 9.97 Å².